The van der Waals surface area contributed by atoms with Crippen LogP contribution >= 0.6 is 0 Å². The van der Waals surface area contributed by atoms with Crippen molar-refractivity contribution in [2.75, 3.05) is 5.32 Å². The maximum absolute atomic E-state index is 10.7. The third-order valence-electron chi connectivity index (χ3n) is 2.79. The zero-order chi connectivity index (χ0) is 13.8. The van der Waals surface area contributed by atoms with E-state index in [0.29, 0.717) is 18.0 Å². The Hall–Kier alpha value is -2.37. The van der Waals surface area contributed by atoms with Crippen molar-refractivity contribution in [2.24, 2.45) is 0 Å². The number of aromatic nitrogens is 1. The van der Waals surface area contributed by atoms with Crippen LogP contribution < -0.4 is 5.32 Å². The molecule has 1 aromatic carbocycles. The van der Waals surface area contributed by atoms with Crippen LogP contribution in [0.1, 0.15) is 24.1 Å². The summed E-state index contributed by atoms with van der Waals surface area (Å²) in [5, 5.41) is 13.8. The number of hydrogen-bond donors (Lipinski definition) is 1. The summed E-state index contributed by atoms with van der Waals surface area (Å²) in [5.41, 5.74) is 1.55. The second-order valence-corrected chi connectivity index (χ2v) is 4.19. The molecular formula is C13H15N3O3. The van der Waals surface area contributed by atoms with Gasteiger partial charge in [0.25, 0.3) is 5.69 Å². The quantitative estimate of drug-likeness (QED) is 0.660. The van der Waals surface area contributed by atoms with E-state index < -0.39 is 0 Å². The van der Waals surface area contributed by atoms with Gasteiger partial charge in [-0.2, -0.15) is 0 Å². The van der Waals surface area contributed by atoms with Gasteiger partial charge in [-0.25, -0.2) is 4.98 Å². The van der Waals surface area contributed by atoms with E-state index in [2.05, 4.69) is 10.3 Å². The van der Waals surface area contributed by atoms with E-state index in [-0.39, 0.29) is 10.6 Å². The summed E-state index contributed by atoms with van der Waals surface area (Å²) in [5.74, 6) is 1.45. The Labute approximate surface area is 110 Å². The molecule has 0 spiro atoms. The van der Waals surface area contributed by atoms with E-state index in [4.69, 9.17) is 4.42 Å². The minimum Gasteiger partial charge on any atom is -0.444 e. The van der Waals surface area contributed by atoms with E-state index in [1.807, 2.05) is 6.92 Å². The summed E-state index contributed by atoms with van der Waals surface area (Å²) in [6.45, 7) is 4.16. The van der Waals surface area contributed by atoms with Gasteiger partial charge in [0, 0.05) is 23.7 Å². The molecule has 0 aliphatic rings. The van der Waals surface area contributed by atoms with Crippen LogP contribution in [0.15, 0.2) is 28.8 Å². The van der Waals surface area contributed by atoms with E-state index in [1.54, 1.807) is 25.3 Å². The third-order valence-corrected chi connectivity index (χ3v) is 2.79. The molecule has 0 unspecified atom stereocenters. The van der Waals surface area contributed by atoms with Crippen molar-refractivity contribution < 1.29 is 9.34 Å². The molecule has 1 aromatic heterocycles. The van der Waals surface area contributed by atoms with Crippen molar-refractivity contribution in [3.05, 3.63) is 51.7 Å². The van der Waals surface area contributed by atoms with Gasteiger partial charge in [-0.3, -0.25) is 10.1 Å². The molecule has 0 bridgehead atoms. The van der Waals surface area contributed by atoms with Gasteiger partial charge in [-0.15, -0.1) is 0 Å². The van der Waals surface area contributed by atoms with Crippen LogP contribution in [0.2, 0.25) is 0 Å². The molecule has 0 atom stereocenters. The Morgan fingerprint density at radius 2 is 2.26 bits per heavy atom. The van der Waals surface area contributed by atoms with Crippen LogP contribution in [0.3, 0.4) is 0 Å². The molecule has 0 fully saturated rings. The maximum Gasteiger partial charge on any atom is 0.272 e. The van der Waals surface area contributed by atoms with Gasteiger partial charge in [-0.1, -0.05) is 6.92 Å². The summed E-state index contributed by atoms with van der Waals surface area (Å²) in [4.78, 5) is 14.5. The van der Waals surface area contributed by atoms with Crippen molar-refractivity contribution in [1.29, 1.82) is 0 Å². The van der Waals surface area contributed by atoms with Gasteiger partial charge >= 0.3 is 0 Å². The van der Waals surface area contributed by atoms with Crippen molar-refractivity contribution in [3.8, 4) is 0 Å². The Morgan fingerprint density at radius 1 is 1.47 bits per heavy atom. The lowest BCUT2D eigenvalue weighted by atomic mass is 10.2. The highest BCUT2D eigenvalue weighted by Gasteiger charge is 2.10. The third kappa shape index (κ3) is 3.09. The van der Waals surface area contributed by atoms with E-state index in [1.165, 1.54) is 6.07 Å². The van der Waals surface area contributed by atoms with Crippen molar-refractivity contribution in [3.63, 3.8) is 0 Å². The summed E-state index contributed by atoms with van der Waals surface area (Å²) in [6.07, 6.45) is 2.52. The average Bonchev–Trinajstić information content (AvgIpc) is 2.84. The first-order valence-electron chi connectivity index (χ1n) is 6.02. The number of nitro benzene ring substituents is 1. The Morgan fingerprint density at radius 3 is 2.84 bits per heavy atom. The molecular weight excluding hydrogens is 246 g/mol. The van der Waals surface area contributed by atoms with Crippen LogP contribution in [0.4, 0.5) is 11.4 Å². The standard InChI is InChI=1S/C13H15N3O3/c1-3-11-7-15-13(19-11)8-14-10-4-5-12(16(17)18)9(2)6-10/h4-7,14H,3,8H2,1-2H3. The van der Waals surface area contributed by atoms with Gasteiger partial charge in [0.05, 0.1) is 17.7 Å². The first kappa shape index (κ1) is 13.1. The fourth-order valence-electron chi connectivity index (χ4n) is 1.74. The summed E-state index contributed by atoms with van der Waals surface area (Å²) in [6, 6.07) is 4.90. The Bertz CT molecular complexity index is 593. The predicted octanol–water partition coefficient (Wildman–Crippen LogP) is 3.07. The fraction of sp³-hybridized carbons (Fsp3) is 0.308. The molecule has 1 N–H and O–H groups in total. The topological polar surface area (TPSA) is 81.2 Å². The number of oxazole rings is 1. The first-order valence-corrected chi connectivity index (χ1v) is 6.02. The number of nitrogens with zero attached hydrogens (tertiary/aromatic N) is 2. The highest BCUT2D eigenvalue weighted by Crippen LogP contribution is 2.21. The number of nitro groups is 1. The second-order valence-electron chi connectivity index (χ2n) is 4.19. The highest BCUT2D eigenvalue weighted by molar-refractivity contribution is 5.53. The van der Waals surface area contributed by atoms with Gasteiger partial charge in [0.2, 0.25) is 5.89 Å². The molecule has 19 heavy (non-hydrogen) atoms. The molecule has 0 amide bonds. The molecule has 0 aliphatic carbocycles. The highest BCUT2D eigenvalue weighted by atomic mass is 16.6. The van der Waals surface area contributed by atoms with Crippen LogP contribution in [-0.2, 0) is 13.0 Å². The number of rotatable bonds is 5. The molecule has 1 heterocycles. The number of hydrogen-bond acceptors (Lipinski definition) is 5. The molecule has 6 heteroatoms. The smallest absolute Gasteiger partial charge is 0.272 e. The molecule has 0 aliphatic heterocycles. The molecule has 2 rings (SSSR count). The predicted molar refractivity (Wildman–Crippen MR) is 71.0 cm³/mol. The number of aryl methyl sites for hydroxylation is 2. The minimum absolute atomic E-state index is 0.120. The largest absolute Gasteiger partial charge is 0.444 e. The van der Waals surface area contributed by atoms with Gasteiger partial charge in [0.1, 0.15) is 5.76 Å². The van der Waals surface area contributed by atoms with Crippen molar-refractivity contribution in [1.82, 2.24) is 4.98 Å². The average molecular weight is 261 g/mol. The van der Waals surface area contributed by atoms with E-state index >= 15 is 0 Å². The summed E-state index contributed by atoms with van der Waals surface area (Å²) >= 11 is 0. The van der Waals surface area contributed by atoms with Crippen LogP contribution in [-0.4, -0.2) is 9.91 Å². The number of benzene rings is 1. The molecule has 0 saturated carbocycles. The normalized spacial score (nSPS) is 10.4. The first-order chi connectivity index (χ1) is 9.10. The molecule has 0 saturated heterocycles. The van der Waals surface area contributed by atoms with Gasteiger partial charge in [-0.05, 0) is 19.1 Å². The minimum atomic E-state index is -0.388. The number of anilines is 1. The van der Waals surface area contributed by atoms with Crippen LogP contribution in [0.25, 0.3) is 0 Å². The second kappa shape index (κ2) is 5.51. The van der Waals surface area contributed by atoms with E-state index in [0.717, 1.165) is 17.9 Å². The summed E-state index contributed by atoms with van der Waals surface area (Å²) in [7, 11) is 0. The van der Waals surface area contributed by atoms with Gasteiger partial charge in [0.15, 0.2) is 0 Å². The molecule has 0 radical (unpaired) electrons. The maximum atomic E-state index is 10.7. The summed E-state index contributed by atoms with van der Waals surface area (Å²) < 4.78 is 5.46. The zero-order valence-corrected chi connectivity index (χ0v) is 10.8. The van der Waals surface area contributed by atoms with E-state index in [9.17, 15) is 10.1 Å². The van der Waals surface area contributed by atoms with Crippen molar-refractivity contribution >= 4 is 11.4 Å². The number of nitrogens with one attached hydrogen (secondary N) is 1. The Balaban J connectivity index is 2.03. The molecule has 100 valence electrons. The van der Waals surface area contributed by atoms with Gasteiger partial charge < -0.3 is 9.73 Å². The van der Waals surface area contributed by atoms with Crippen molar-refractivity contribution in [2.45, 2.75) is 26.8 Å². The lowest BCUT2D eigenvalue weighted by Crippen LogP contribution is -2.00. The lowest BCUT2D eigenvalue weighted by molar-refractivity contribution is -0.385. The molecule has 2 aromatic rings. The zero-order valence-electron chi connectivity index (χ0n) is 10.8. The lowest BCUT2D eigenvalue weighted by Gasteiger charge is -2.05. The fourth-order valence-corrected chi connectivity index (χ4v) is 1.74. The monoisotopic (exact) mass is 261 g/mol. The Kier molecular flexibility index (Phi) is 3.79. The SMILES string of the molecule is CCc1cnc(CNc2ccc([N+](=O)[O-])c(C)c2)o1. The van der Waals surface area contributed by atoms with Crippen LogP contribution in [0.5, 0.6) is 0 Å². The van der Waals surface area contributed by atoms with Crippen LogP contribution in [0, 0.1) is 17.0 Å². The molecule has 6 nitrogen and oxygen atoms in total.